The zero-order valence-corrected chi connectivity index (χ0v) is 12.7. The van der Waals surface area contributed by atoms with Crippen LogP contribution in [0.25, 0.3) is 0 Å². The maximum Gasteiger partial charge on any atom is 0.222 e. The summed E-state index contributed by atoms with van der Waals surface area (Å²) in [5.41, 5.74) is 6.92. The molecule has 0 radical (unpaired) electrons. The largest absolute Gasteiger partial charge is 0.368 e. The van der Waals surface area contributed by atoms with Gasteiger partial charge in [0, 0.05) is 30.6 Å². The number of fused-ring (bicyclic) bond motifs is 1. The SMILES string of the molecule is CC(C)(C)c1cc(N2CC3CCCNC3C2)nc(N)n1. The Balaban J connectivity index is 1.85. The molecule has 5 heteroatoms. The number of rotatable bonds is 1. The molecule has 2 unspecified atom stereocenters. The standard InChI is InChI=1S/C15H25N5/c1-15(2,3)12-7-13(19-14(16)18-12)20-8-10-5-4-6-17-11(10)9-20/h7,10-11,17H,4-6,8-9H2,1-3H3,(H2,16,18,19). The van der Waals surface area contributed by atoms with Crippen LogP contribution in [0.15, 0.2) is 6.07 Å². The molecule has 2 fully saturated rings. The van der Waals surface area contributed by atoms with E-state index in [1.807, 2.05) is 0 Å². The van der Waals surface area contributed by atoms with Gasteiger partial charge in [-0.25, -0.2) is 4.98 Å². The van der Waals surface area contributed by atoms with Crippen LogP contribution in [0.3, 0.4) is 0 Å². The Morgan fingerprint density at radius 1 is 1.30 bits per heavy atom. The summed E-state index contributed by atoms with van der Waals surface area (Å²) in [6, 6.07) is 2.71. The van der Waals surface area contributed by atoms with E-state index in [1.54, 1.807) is 0 Å². The second kappa shape index (κ2) is 4.88. The number of hydrogen-bond donors (Lipinski definition) is 2. The minimum atomic E-state index is -0.00343. The van der Waals surface area contributed by atoms with Crippen molar-refractivity contribution in [1.82, 2.24) is 15.3 Å². The van der Waals surface area contributed by atoms with E-state index >= 15 is 0 Å². The van der Waals surface area contributed by atoms with E-state index in [0.717, 1.165) is 37.1 Å². The summed E-state index contributed by atoms with van der Waals surface area (Å²) in [7, 11) is 0. The summed E-state index contributed by atoms with van der Waals surface area (Å²) in [5.74, 6) is 2.12. The van der Waals surface area contributed by atoms with Gasteiger partial charge in [0.05, 0.1) is 5.69 Å². The summed E-state index contributed by atoms with van der Waals surface area (Å²) in [5, 5.41) is 3.62. The first-order chi connectivity index (χ1) is 9.43. The van der Waals surface area contributed by atoms with Crippen LogP contribution in [-0.2, 0) is 5.41 Å². The molecule has 1 aromatic heterocycles. The Labute approximate surface area is 121 Å². The number of hydrogen-bond acceptors (Lipinski definition) is 5. The lowest BCUT2D eigenvalue weighted by Gasteiger charge is -2.24. The smallest absolute Gasteiger partial charge is 0.222 e. The van der Waals surface area contributed by atoms with Crippen LogP contribution >= 0.6 is 0 Å². The van der Waals surface area contributed by atoms with Crippen molar-refractivity contribution in [2.24, 2.45) is 5.92 Å². The van der Waals surface area contributed by atoms with Gasteiger partial charge in [0.25, 0.3) is 0 Å². The zero-order chi connectivity index (χ0) is 14.3. The first kappa shape index (κ1) is 13.6. The first-order valence-electron chi connectivity index (χ1n) is 7.57. The highest BCUT2D eigenvalue weighted by Gasteiger charge is 2.35. The number of aromatic nitrogens is 2. The van der Waals surface area contributed by atoms with Gasteiger partial charge in [-0.05, 0) is 25.3 Å². The van der Waals surface area contributed by atoms with E-state index in [9.17, 15) is 0 Å². The highest BCUT2D eigenvalue weighted by Crippen LogP contribution is 2.30. The molecular formula is C15H25N5. The van der Waals surface area contributed by atoms with Crippen molar-refractivity contribution in [2.75, 3.05) is 30.3 Å². The quantitative estimate of drug-likeness (QED) is 0.814. The molecule has 3 rings (SSSR count). The maximum atomic E-state index is 5.91. The van der Waals surface area contributed by atoms with Crippen LogP contribution in [-0.4, -0.2) is 35.6 Å². The minimum Gasteiger partial charge on any atom is -0.368 e. The summed E-state index contributed by atoms with van der Waals surface area (Å²) in [4.78, 5) is 11.2. The van der Waals surface area contributed by atoms with Crippen LogP contribution < -0.4 is 16.0 Å². The van der Waals surface area contributed by atoms with E-state index in [-0.39, 0.29) is 5.41 Å². The summed E-state index contributed by atoms with van der Waals surface area (Å²) in [6.45, 7) is 9.73. The molecule has 5 nitrogen and oxygen atoms in total. The van der Waals surface area contributed by atoms with Gasteiger partial charge < -0.3 is 16.0 Å². The third-order valence-corrected chi connectivity index (χ3v) is 4.42. The van der Waals surface area contributed by atoms with Crippen molar-refractivity contribution in [1.29, 1.82) is 0 Å². The Morgan fingerprint density at radius 3 is 2.80 bits per heavy atom. The van der Waals surface area contributed by atoms with Crippen LogP contribution in [0.5, 0.6) is 0 Å². The highest BCUT2D eigenvalue weighted by atomic mass is 15.3. The van der Waals surface area contributed by atoms with Gasteiger partial charge in [0.15, 0.2) is 0 Å². The van der Waals surface area contributed by atoms with Gasteiger partial charge in [-0.15, -0.1) is 0 Å². The highest BCUT2D eigenvalue weighted by molar-refractivity contribution is 5.46. The van der Waals surface area contributed by atoms with Crippen LogP contribution in [0.4, 0.5) is 11.8 Å². The number of piperidine rings is 1. The lowest BCUT2D eigenvalue weighted by atomic mass is 9.92. The molecule has 0 aliphatic carbocycles. The number of nitrogen functional groups attached to an aromatic ring is 1. The molecule has 20 heavy (non-hydrogen) atoms. The van der Waals surface area contributed by atoms with Gasteiger partial charge in [-0.3, -0.25) is 0 Å². The molecule has 2 saturated heterocycles. The number of nitrogens with zero attached hydrogens (tertiary/aromatic N) is 3. The van der Waals surface area contributed by atoms with Crippen molar-refractivity contribution < 1.29 is 0 Å². The topological polar surface area (TPSA) is 67.1 Å². The monoisotopic (exact) mass is 275 g/mol. The van der Waals surface area contributed by atoms with Gasteiger partial charge in [-0.1, -0.05) is 20.8 Å². The lowest BCUT2D eigenvalue weighted by molar-refractivity contribution is 0.340. The number of anilines is 2. The molecular weight excluding hydrogens is 250 g/mol. The fourth-order valence-corrected chi connectivity index (χ4v) is 3.23. The molecule has 1 aromatic rings. The first-order valence-corrected chi connectivity index (χ1v) is 7.57. The Morgan fingerprint density at radius 2 is 2.10 bits per heavy atom. The van der Waals surface area contributed by atoms with Crippen molar-refractivity contribution in [3.63, 3.8) is 0 Å². The summed E-state index contributed by atoms with van der Waals surface area (Å²) >= 11 is 0. The normalized spacial score (nSPS) is 26.6. The van der Waals surface area contributed by atoms with E-state index < -0.39 is 0 Å². The van der Waals surface area contributed by atoms with Crippen molar-refractivity contribution >= 4 is 11.8 Å². The van der Waals surface area contributed by atoms with E-state index in [1.165, 1.54) is 12.8 Å². The second-order valence-electron chi connectivity index (χ2n) is 7.09. The van der Waals surface area contributed by atoms with Crippen LogP contribution in [0.2, 0.25) is 0 Å². The summed E-state index contributed by atoms with van der Waals surface area (Å²) < 4.78 is 0. The molecule has 2 aliphatic heterocycles. The average Bonchev–Trinajstić information content (AvgIpc) is 2.80. The average molecular weight is 275 g/mol. The minimum absolute atomic E-state index is 0.00343. The molecule has 0 aromatic carbocycles. The molecule has 2 atom stereocenters. The van der Waals surface area contributed by atoms with Crippen LogP contribution in [0, 0.1) is 5.92 Å². The predicted molar refractivity (Wildman–Crippen MR) is 81.9 cm³/mol. The van der Waals surface area contributed by atoms with Crippen LogP contribution in [0.1, 0.15) is 39.3 Å². The van der Waals surface area contributed by atoms with E-state index in [0.29, 0.717) is 12.0 Å². The predicted octanol–water partition coefficient (Wildman–Crippen LogP) is 1.54. The van der Waals surface area contributed by atoms with Gasteiger partial charge in [0.2, 0.25) is 5.95 Å². The summed E-state index contributed by atoms with van der Waals surface area (Å²) in [6.07, 6.45) is 2.61. The Bertz CT molecular complexity index is 480. The van der Waals surface area contributed by atoms with Gasteiger partial charge >= 0.3 is 0 Å². The van der Waals surface area contributed by atoms with Crippen molar-refractivity contribution in [3.05, 3.63) is 11.8 Å². The van der Waals surface area contributed by atoms with E-state index in [4.69, 9.17) is 5.73 Å². The van der Waals surface area contributed by atoms with Gasteiger partial charge in [-0.2, -0.15) is 4.98 Å². The second-order valence-corrected chi connectivity index (χ2v) is 7.09. The Hall–Kier alpha value is -1.36. The molecule has 110 valence electrons. The molecule has 0 saturated carbocycles. The number of nitrogens with two attached hydrogens (primary N) is 1. The molecule has 0 bridgehead atoms. The third-order valence-electron chi connectivity index (χ3n) is 4.42. The number of nitrogens with one attached hydrogen (secondary N) is 1. The fourth-order valence-electron chi connectivity index (χ4n) is 3.23. The molecule has 3 N–H and O–H groups in total. The van der Waals surface area contributed by atoms with Crippen molar-refractivity contribution in [3.8, 4) is 0 Å². The maximum absolute atomic E-state index is 5.91. The molecule has 3 heterocycles. The zero-order valence-electron chi connectivity index (χ0n) is 12.7. The molecule has 0 amide bonds. The van der Waals surface area contributed by atoms with Crippen molar-refractivity contribution in [2.45, 2.75) is 45.1 Å². The lowest BCUT2D eigenvalue weighted by Crippen LogP contribution is -2.40. The third kappa shape index (κ3) is 2.59. The Kier molecular flexibility index (Phi) is 3.32. The van der Waals surface area contributed by atoms with Gasteiger partial charge in [0.1, 0.15) is 5.82 Å². The molecule has 0 spiro atoms. The molecule has 2 aliphatic rings. The van der Waals surface area contributed by atoms with E-state index in [2.05, 4.69) is 47.0 Å². The fraction of sp³-hybridized carbons (Fsp3) is 0.733.